The van der Waals surface area contributed by atoms with Gasteiger partial charge in [0, 0.05) is 34.8 Å². The zero-order valence-corrected chi connectivity index (χ0v) is 13.5. The first-order valence-corrected chi connectivity index (χ1v) is 5.56. The average Bonchev–Trinajstić information content (AvgIpc) is 2.15. The fourth-order valence-corrected chi connectivity index (χ4v) is 1.24. The topological polar surface area (TPSA) is 28.1 Å². The van der Waals surface area contributed by atoms with Crippen molar-refractivity contribution in [2.75, 3.05) is 47.9 Å². The molecule has 16 heavy (non-hydrogen) atoms. The van der Waals surface area contributed by atoms with Crippen LogP contribution in [-0.4, -0.2) is 63.7 Å². The fourth-order valence-electron chi connectivity index (χ4n) is 1.24. The van der Waals surface area contributed by atoms with Gasteiger partial charge in [-0.15, -0.1) is 24.0 Å². The Labute approximate surface area is 117 Å². The summed E-state index contributed by atoms with van der Waals surface area (Å²) < 4.78 is 5.44. The van der Waals surface area contributed by atoms with Gasteiger partial charge < -0.3 is 14.5 Å². The predicted molar refractivity (Wildman–Crippen MR) is 80.8 cm³/mol. The first kappa shape index (κ1) is 18.3. The molecule has 0 rings (SSSR count). The molecule has 0 bridgehead atoms. The summed E-state index contributed by atoms with van der Waals surface area (Å²) in [4.78, 5) is 8.48. The van der Waals surface area contributed by atoms with Gasteiger partial charge in [0.25, 0.3) is 0 Å². The number of hydrogen-bond acceptors (Lipinski definition) is 2. The fraction of sp³-hybridized carbons (Fsp3) is 0.909. The van der Waals surface area contributed by atoms with Gasteiger partial charge in [0.05, 0.1) is 13.2 Å². The number of halogens is 1. The van der Waals surface area contributed by atoms with E-state index < -0.39 is 0 Å². The highest BCUT2D eigenvalue weighted by molar-refractivity contribution is 14.0. The normalized spacial score (nSPS) is 9.31. The third-order valence-electron chi connectivity index (χ3n) is 1.93. The van der Waals surface area contributed by atoms with E-state index in [1.807, 2.05) is 38.0 Å². The van der Waals surface area contributed by atoms with Gasteiger partial charge in [-0.3, -0.25) is 4.99 Å². The smallest absolute Gasteiger partial charge is 0.195 e. The number of ether oxygens (including phenoxy) is 1. The molecule has 0 fully saturated rings. The maximum Gasteiger partial charge on any atom is 0.195 e. The Balaban J connectivity index is 0. The molecule has 0 aliphatic heterocycles. The van der Waals surface area contributed by atoms with Crippen LogP contribution >= 0.6 is 24.0 Å². The van der Waals surface area contributed by atoms with Crippen LogP contribution in [0.15, 0.2) is 4.99 Å². The highest BCUT2D eigenvalue weighted by Gasteiger charge is 2.02. The van der Waals surface area contributed by atoms with E-state index in [0.29, 0.717) is 6.61 Å². The molecule has 0 aromatic rings. The van der Waals surface area contributed by atoms with Gasteiger partial charge in [0.15, 0.2) is 5.96 Å². The quantitative estimate of drug-likeness (QED) is 0.319. The molecule has 0 saturated carbocycles. The molecule has 0 amide bonds. The van der Waals surface area contributed by atoms with Crippen molar-refractivity contribution < 1.29 is 4.74 Å². The van der Waals surface area contributed by atoms with Crippen LogP contribution in [0.5, 0.6) is 0 Å². The lowest BCUT2D eigenvalue weighted by Crippen LogP contribution is -2.35. The Morgan fingerprint density at radius 2 is 1.62 bits per heavy atom. The molecule has 0 aromatic carbocycles. The Kier molecular flexibility index (Phi) is 13.1. The second-order valence-electron chi connectivity index (χ2n) is 3.94. The van der Waals surface area contributed by atoms with Gasteiger partial charge in [0.1, 0.15) is 0 Å². The minimum atomic E-state index is 0. The standard InChI is InChI=1S/C11H25N3O.HI/c1-6-7-9-15-10-8-12-11(13(2)3)14(4)5;/h6-10H2,1-5H3;1H. The summed E-state index contributed by atoms with van der Waals surface area (Å²) in [5.41, 5.74) is 0. The number of rotatable bonds is 6. The van der Waals surface area contributed by atoms with Crippen LogP contribution in [0.25, 0.3) is 0 Å². The molecule has 4 nitrogen and oxygen atoms in total. The van der Waals surface area contributed by atoms with Crippen LogP contribution in [0, 0.1) is 0 Å². The van der Waals surface area contributed by atoms with E-state index in [0.717, 1.165) is 25.5 Å². The lowest BCUT2D eigenvalue weighted by Gasteiger charge is -2.22. The van der Waals surface area contributed by atoms with Crippen molar-refractivity contribution in [2.24, 2.45) is 4.99 Å². The van der Waals surface area contributed by atoms with E-state index in [1.54, 1.807) is 0 Å². The van der Waals surface area contributed by atoms with Crippen LogP contribution < -0.4 is 0 Å². The van der Waals surface area contributed by atoms with Gasteiger partial charge in [0.2, 0.25) is 0 Å². The first-order valence-electron chi connectivity index (χ1n) is 5.56. The van der Waals surface area contributed by atoms with Crippen LogP contribution in [0.4, 0.5) is 0 Å². The van der Waals surface area contributed by atoms with Crippen LogP contribution in [0.3, 0.4) is 0 Å². The SMILES string of the molecule is CCCCOCCN=C(N(C)C)N(C)C.I. The van der Waals surface area contributed by atoms with Crippen molar-refractivity contribution in [2.45, 2.75) is 19.8 Å². The van der Waals surface area contributed by atoms with E-state index in [-0.39, 0.29) is 24.0 Å². The molecule has 98 valence electrons. The Morgan fingerprint density at radius 1 is 1.06 bits per heavy atom. The summed E-state index contributed by atoms with van der Waals surface area (Å²) >= 11 is 0. The Bertz CT molecular complexity index is 174. The van der Waals surface area contributed by atoms with Crippen molar-refractivity contribution in [1.82, 2.24) is 9.80 Å². The van der Waals surface area contributed by atoms with Crippen LogP contribution in [0.2, 0.25) is 0 Å². The second kappa shape index (κ2) is 11.4. The zero-order chi connectivity index (χ0) is 11.7. The lowest BCUT2D eigenvalue weighted by molar-refractivity contribution is 0.138. The monoisotopic (exact) mass is 343 g/mol. The van der Waals surface area contributed by atoms with E-state index in [4.69, 9.17) is 4.74 Å². The van der Waals surface area contributed by atoms with E-state index >= 15 is 0 Å². The molecule has 0 aromatic heterocycles. The summed E-state index contributed by atoms with van der Waals surface area (Å²) in [6, 6.07) is 0. The summed E-state index contributed by atoms with van der Waals surface area (Å²) in [7, 11) is 7.99. The molecular weight excluding hydrogens is 317 g/mol. The maximum absolute atomic E-state index is 5.44. The number of nitrogens with zero attached hydrogens (tertiary/aromatic N) is 3. The van der Waals surface area contributed by atoms with E-state index in [2.05, 4.69) is 11.9 Å². The summed E-state index contributed by atoms with van der Waals surface area (Å²) in [6.07, 6.45) is 2.32. The number of hydrogen-bond donors (Lipinski definition) is 0. The average molecular weight is 343 g/mol. The molecule has 0 unspecified atom stereocenters. The highest BCUT2D eigenvalue weighted by atomic mass is 127. The van der Waals surface area contributed by atoms with Gasteiger partial charge in [-0.2, -0.15) is 0 Å². The molecule has 0 spiro atoms. The van der Waals surface area contributed by atoms with Crippen molar-refractivity contribution in [3.8, 4) is 0 Å². The highest BCUT2D eigenvalue weighted by Crippen LogP contribution is 1.91. The van der Waals surface area contributed by atoms with E-state index in [9.17, 15) is 0 Å². The van der Waals surface area contributed by atoms with Crippen molar-refractivity contribution in [3.63, 3.8) is 0 Å². The number of unbranched alkanes of at least 4 members (excludes halogenated alkanes) is 1. The maximum atomic E-state index is 5.44. The van der Waals surface area contributed by atoms with Crippen molar-refractivity contribution in [3.05, 3.63) is 0 Å². The van der Waals surface area contributed by atoms with Crippen LogP contribution in [0.1, 0.15) is 19.8 Å². The van der Waals surface area contributed by atoms with E-state index in [1.165, 1.54) is 6.42 Å². The Morgan fingerprint density at radius 3 is 2.06 bits per heavy atom. The first-order chi connectivity index (χ1) is 7.09. The number of aliphatic imine (C=N–C) groups is 1. The summed E-state index contributed by atoms with van der Waals surface area (Å²) in [5, 5.41) is 0. The molecule has 0 heterocycles. The third-order valence-corrected chi connectivity index (χ3v) is 1.93. The molecule has 0 atom stereocenters. The molecule has 0 aliphatic carbocycles. The summed E-state index contributed by atoms with van der Waals surface area (Å²) in [5.74, 6) is 0.981. The predicted octanol–water partition coefficient (Wildman–Crippen LogP) is 1.90. The summed E-state index contributed by atoms with van der Waals surface area (Å²) in [6.45, 7) is 4.46. The van der Waals surface area contributed by atoms with Gasteiger partial charge in [-0.05, 0) is 6.42 Å². The third kappa shape index (κ3) is 9.21. The molecular formula is C11H26IN3O. The molecule has 5 heteroatoms. The minimum Gasteiger partial charge on any atom is -0.380 e. The lowest BCUT2D eigenvalue weighted by atomic mass is 10.4. The van der Waals surface area contributed by atoms with Crippen LogP contribution in [-0.2, 0) is 4.74 Å². The van der Waals surface area contributed by atoms with Gasteiger partial charge >= 0.3 is 0 Å². The zero-order valence-electron chi connectivity index (χ0n) is 11.2. The second-order valence-corrected chi connectivity index (χ2v) is 3.94. The van der Waals surface area contributed by atoms with Crippen molar-refractivity contribution in [1.29, 1.82) is 0 Å². The van der Waals surface area contributed by atoms with Crippen molar-refractivity contribution >= 4 is 29.9 Å². The largest absolute Gasteiger partial charge is 0.380 e. The molecule has 0 aliphatic rings. The molecule has 0 saturated heterocycles. The Hall–Kier alpha value is -0.0400. The minimum absolute atomic E-state index is 0. The number of guanidine groups is 1. The van der Waals surface area contributed by atoms with Gasteiger partial charge in [-0.25, -0.2) is 0 Å². The molecule has 0 N–H and O–H groups in total. The molecule has 0 radical (unpaired) electrons. The van der Waals surface area contributed by atoms with Gasteiger partial charge in [-0.1, -0.05) is 13.3 Å².